The number of carbonyl (C=O) groups is 2. The Morgan fingerprint density at radius 2 is 2.08 bits per heavy atom. The van der Waals surface area contributed by atoms with Crippen molar-refractivity contribution in [3.63, 3.8) is 0 Å². The van der Waals surface area contributed by atoms with Crippen LogP contribution in [-0.4, -0.2) is 25.6 Å². The minimum atomic E-state index is -1.23. The van der Waals surface area contributed by atoms with Gasteiger partial charge in [0.1, 0.15) is 0 Å². The monoisotopic (exact) mass is 195 g/mol. The second-order valence-corrected chi connectivity index (χ2v) is 2.08. The largest absolute Gasteiger partial charge is 1.00 e. The molecule has 0 atom stereocenters. The molecule has 0 heterocycles. The van der Waals surface area contributed by atoms with Crippen LogP contribution < -0.4 is 40.0 Å². The number of esters is 1. The predicted octanol–water partition coefficient (Wildman–Crippen LogP) is -4.59. The molecule has 0 spiro atoms. The smallest absolute Gasteiger partial charge is 0.548 e. The van der Waals surface area contributed by atoms with Gasteiger partial charge in [-0.15, -0.1) is 0 Å². The number of hydrogen-bond acceptors (Lipinski definition) is 5. The summed E-state index contributed by atoms with van der Waals surface area (Å²) in [6.07, 6.45) is 1.16. The molecule has 0 aromatic heterocycles. The second kappa shape index (κ2) is 8.10. The quantitative estimate of drug-likeness (QED) is 0.277. The summed E-state index contributed by atoms with van der Waals surface area (Å²) in [5.74, 6) is -1.76. The molecule has 1 N–H and O–H groups in total. The summed E-state index contributed by atoms with van der Waals surface area (Å²) in [6.45, 7) is 1.24. The molecule has 0 saturated carbocycles. The summed E-state index contributed by atoms with van der Waals surface area (Å²) < 4.78 is 4.31. The Morgan fingerprint density at radius 3 is 2.46 bits per heavy atom. The number of nitrogens with one attached hydrogen (secondary N) is 1. The maximum atomic E-state index is 10.6. The SMILES string of the molecule is COC(=O)/C=C(/C)NCC(=O)[O-].[Na+]. The van der Waals surface area contributed by atoms with Crippen LogP contribution in [0.15, 0.2) is 11.8 Å². The summed E-state index contributed by atoms with van der Waals surface area (Å²) in [7, 11) is 1.24. The van der Waals surface area contributed by atoms with Crippen molar-refractivity contribution in [1.29, 1.82) is 0 Å². The molecule has 0 amide bonds. The van der Waals surface area contributed by atoms with Gasteiger partial charge in [0.25, 0.3) is 0 Å². The Bertz CT molecular complexity index is 215. The van der Waals surface area contributed by atoms with Crippen molar-refractivity contribution < 1.29 is 49.0 Å². The van der Waals surface area contributed by atoms with E-state index in [0.717, 1.165) is 6.08 Å². The van der Waals surface area contributed by atoms with Gasteiger partial charge in [-0.2, -0.15) is 0 Å². The van der Waals surface area contributed by atoms with Crippen molar-refractivity contribution in [3.05, 3.63) is 11.8 Å². The topological polar surface area (TPSA) is 78.5 Å². The van der Waals surface area contributed by atoms with Crippen LogP contribution in [-0.2, 0) is 14.3 Å². The molecular formula is C7H10NNaO4. The second-order valence-electron chi connectivity index (χ2n) is 2.08. The van der Waals surface area contributed by atoms with Crippen molar-refractivity contribution in [2.45, 2.75) is 6.92 Å². The molecule has 0 unspecified atom stereocenters. The van der Waals surface area contributed by atoms with Gasteiger partial charge < -0.3 is 20.0 Å². The molecule has 0 aromatic rings. The molecule has 0 aliphatic rings. The normalized spacial score (nSPS) is 9.85. The molecule has 0 aliphatic heterocycles. The fraction of sp³-hybridized carbons (Fsp3) is 0.429. The van der Waals surface area contributed by atoms with Crippen molar-refractivity contribution >= 4 is 11.9 Å². The minimum absolute atomic E-state index is 0. The molecule has 0 bridgehead atoms. The van der Waals surface area contributed by atoms with E-state index in [2.05, 4.69) is 10.1 Å². The third-order valence-corrected chi connectivity index (χ3v) is 1.05. The minimum Gasteiger partial charge on any atom is -0.548 e. The molecule has 68 valence electrons. The molecule has 0 fully saturated rings. The predicted molar refractivity (Wildman–Crippen MR) is 38.8 cm³/mol. The number of hydrogen-bond donors (Lipinski definition) is 1. The number of carboxylic acids is 1. The third kappa shape index (κ3) is 9.39. The zero-order valence-electron chi connectivity index (χ0n) is 7.92. The van der Waals surface area contributed by atoms with Gasteiger partial charge in [-0.25, -0.2) is 4.79 Å². The van der Waals surface area contributed by atoms with Crippen LogP contribution in [0.4, 0.5) is 0 Å². The first kappa shape index (κ1) is 15.0. The van der Waals surface area contributed by atoms with Crippen LogP contribution in [0.1, 0.15) is 6.92 Å². The van der Waals surface area contributed by atoms with Gasteiger partial charge in [-0.1, -0.05) is 0 Å². The van der Waals surface area contributed by atoms with E-state index in [9.17, 15) is 14.7 Å². The average molecular weight is 195 g/mol. The fourth-order valence-corrected chi connectivity index (χ4v) is 0.498. The van der Waals surface area contributed by atoms with Gasteiger partial charge in [0.15, 0.2) is 0 Å². The summed E-state index contributed by atoms with van der Waals surface area (Å²) in [6, 6.07) is 0. The first-order chi connectivity index (χ1) is 5.56. The van der Waals surface area contributed by atoms with E-state index in [0.29, 0.717) is 5.70 Å². The first-order valence-electron chi connectivity index (χ1n) is 3.26. The summed E-state index contributed by atoms with van der Waals surface area (Å²) in [5, 5.41) is 12.4. The van der Waals surface area contributed by atoms with Gasteiger partial charge in [0.2, 0.25) is 0 Å². The summed E-state index contributed by atoms with van der Waals surface area (Å²) in [5.41, 5.74) is 0.422. The summed E-state index contributed by atoms with van der Waals surface area (Å²) >= 11 is 0. The Kier molecular flexibility index (Phi) is 9.33. The average Bonchev–Trinajstić information content (AvgIpc) is 2.00. The van der Waals surface area contributed by atoms with E-state index in [1.807, 2.05) is 0 Å². The molecule has 0 rings (SSSR count). The van der Waals surface area contributed by atoms with Gasteiger partial charge >= 0.3 is 35.5 Å². The standard InChI is InChI=1S/C7H11NO4.Na/c1-5(3-7(11)12-2)8-4-6(9)10;/h3,8H,4H2,1-2H3,(H,9,10);/q;+1/p-1/b5-3-;. The molecule has 0 radical (unpaired) electrons. The summed E-state index contributed by atoms with van der Waals surface area (Å²) in [4.78, 5) is 20.5. The van der Waals surface area contributed by atoms with E-state index in [1.165, 1.54) is 7.11 Å². The Balaban J connectivity index is 0. The number of ether oxygens (including phenoxy) is 1. The van der Waals surface area contributed by atoms with Crippen molar-refractivity contribution in [2.24, 2.45) is 0 Å². The maximum Gasteiger partial charge on any atom is 1.00 e. The van der Waals surface area contributed by atoms with Crippen molar-refractivity contribution in [2.75, 3.05) is 13.7 Å². The number of rotatable bonds is 4. The molecule has 13 heavy (non-hydrogen) atoms. The van der Waals surface area contributed by atoms with E-state index < -0.39 is 11.9 Å². The van der Waals surface area contributed by atoms with Crippen molar-refractivity contribution in [1.82, 2.24) is 5.32 Å². The first-order valence-corrected chi connectivity index (χ1v) is 3.26. The van der Waals surface area contributed by atoms with E-state index in [4.69, 9.17) is 0 Å². The van der Waals surface area contributed by atoms with Crippen LogP contribution in [0, 0.1) is 0 Å². The third-order valence-electron chi connectivity index (χ3n) is 1.05. The molecule has 0 aliphatic carbocycles. The number of carbonyl (C=O) groups excluding carboxylic acids is 2. The van der Waals surface area contributed by atoms with E-state index in [-0.39, 0.29) is 36.1 Å². The van der Waals surface area contributed by atoms with Crippen LogP contribution in [0.3, 0.4) is 0 Å². The number of methoxy groups -OCH3 is 1. The van der Waals surface area contributed by atoms with Crippen LogP contribution >= 0.6 is 0 Å². The van der Waals surface area contributed by atoms with Gasteiger partial charge in [-0.3, -0.25) is 0 Å². The van der Waals surface area contributed by atoms with Gasteiger partial charge in [-0.05, 0) is 6.92 Å². The number of allylic oxidation sites excluding steroid dienone is 1. The Labute approximate surface area is 98.4 Å². The van der Waals surface area contributed by atoms with Gasteiger partial charge in [0, 0.05) is 11.8 Å². The van der Waals surface area contributed by atoms with Gasteiger partial charge in [0.05, 0.1) is 19.6 Å². The zero-order valence-corrected chi connectivity index (χ0v) is 9.92. The van der Waals surface area contributed by atoms with Crippen molar-refractivity contribution in [3.8, 4) is 0 Å². The molecule has 6 heteroatoms. The van der Waals surface area contributed by atoms with Crippen LogP contribution in [0.2, 0.25) is 0 Å². The molecule has 0 saturated heterocycles. The fourth-order valence-electron chi connectivity index (χ4n) is 0.498. The van der Waals surface area contributed by atoms with E-state index >= 15 is 0 Å². The number of aliphatic carboxylic acids is 1. The zero-order chi connectivity index (χ0) is 9.56. The van der Waals surface area contributed by atoms with Crippen LogP contribution in [0.25, 0.3) is 0 Å². The maximum absolute atomic E-state index is 10.6. The number of carboxylic acid groups (broad SMARTS) is 1. The molecule has 0 aromatic carbocycles. The molecular weight excluding hydrogens is 185 g/mol. The Morgan fingerprint density at radius 1 is 1.54 bits per heavy atom. The van der Waals surface area contributed by atoms with Crippen LogP contribution in [0.5, 0.6) is 0 Å². The Hall–Kier alpha value is -0.520. The van der Waals surface area contributed by atoms with E-state index in [1.54, 1.807) is 6.92 Å². The molecule has 5 nitrogen and oxygen atoms in total.